The molecule has 1 aliphatic heterocycles. The summed E-state index contributed by atoms with van der Waals surface area (Å²) in [6.07, 6.45) is -6.66. The van der Waals surface area contributed by atoms with Crippen LogP contribution >= 0.6 is 0 Å². The number of aliphatic hydroxyl groups excluding tert-OH is 1. The van der Waals surface area contributed by atoms with Crippen molar-refractivity contribution in [3.63, 3.8) is 0 Å². The van der Waals surface area contributed by atoms with Crippen molar-refractivity contribution in [2.24, 2.45) is 5.92 Å². The first-order valence-electron chi connectivity index (χ1n) is 12.7. The monoisotopic (exact) mass is 535 g/mol. The highest BCUT2D eigenvalue weighted by atomic mass is 19.4. The number of nitrogens with one attached hydrogen (secondary N) is 1. The third-order valence-electron chi connectivity index (χ3n) is 6.62. The van der Waals surface area contributed by atoms with Crippen molar-refractivity contribution >= 4 is 17.5 Å². The summed E-state index contributed by atoms with van der Waals surface area (Å²) >= 11 is 0. The average Bonchev–Trinajstić information content (AvgIpc) is 2.90. The van der Waals surface area contributed by atoms with E-state index in [4.69, 9.17) is 4.74 Å². The minimum Gasteiger partial charge on any atom is -0.488 e. The molecule has 1 aliphatic rings. The van der Waals surface area contributed by atoms with Gasteiger partial charge in [0.1, 0.15) is 11.9 Å². The van der Waals surface area contributed by atoms with E-state index in [2.05, 4.69) is 10.2 Å². The molecule has 10 heteroatoms. The lowest BCUT2D eigenvalue weighted by atomic mass is 10.0. The van der Waals surface area contributed by atoms with Crippen molar-refractivity contribution < 1.29 is 32.6 Å². The summed E-state index contributed by atoms with van der Waals surface area (Å²) in [7, 11) is 2.00. The molecule has 7 nitrogen and oxygen atoms in total. The maximum atomic E-state index is 13.3. The van der Waals surface area contributed by atoms with Crippen molar-refractivity contribution in [1.29, 1.82) is 0 Å². The van der Waals surface area contributed by atoms with Crippen molar-refractivity contribution in [2.75, 3.05) is 32.1 Å². The first-order chi connectivity index (χ1) is 17.9. The predicted octanol–water partition coefficient (Wildman–Crippen LogP) is 4.25. The third-order valence-corrected chi connectivity index (χ3v) is 6.62. The molecule has 0 saturated heterocycles. The van der Waals surface area contributed by atoms with Gasteiger partial charge in [0, 0.05) is 43.2 Å². The van der Waals surface area contributed by atoms with Gasteiger partial charge in [0.15, 0.2) is 0 Å². The topological polar surface area (TPSA) is 82.1 Å². The number of alkyl halides is 3. The number of anilines is 1. The van der Waals surface area contributed by atoms with E-state index in [1.807, 2.05) is 44.3 Å². The van der Waals surface area contributed by atoms with Crippen LogP contribution in [-0.2, 0) is 22.6 Å². The molecule has 0 unspecified atom stereocenters. The molecule has 0 bridgehead atoms. The van der Waals surface area contributed by atoms with Crippen LogP contribution in [0.4, 0.5) is 18.9 Å². The largest absolute Gasteiger partial charge is 0.488 e. The lowest BCUT2D eigenvalue weighted by Gasteiger charge is -2.34. The highest BCUT2D eigenvalue weighted by Crippen LogP contribution is 2.30. The van der Waals surface area contributed by atoms with Gasteiger partial charge in [-0.1, -0.05) is 37.3 Å². The molecule has 3 atom stereocenters. The second kappa shape index (κ2) is 13.1. The molecule has 0 radical (unpaired) electrons. The lowest BCUT2D eigenvalue weighted by Crippen LogP contribution is -2.47. The van der Waals surface area contributed by atoms with Crippen LogP contribution in [0.3, 0.4) is 0 Å². The quantitative estimate of drug-likeness (QED) is 0.502. The van der Waals surface area contributed by atoms with Crippen LogP contribution in [0.5, 0.6) is 5.75 Å². The molecule has 1 heterocycles. The fourth-order valence-corrected chi connectivity index (χ4v) is 4.47. The molecule has 38 heavy (non-hydrogen) atoms. The van der Waals surface area contributed by atoms with E-state index in [0.29, 0.717) is 36.6 Å². The first-order valence-corrected chi connectivity index (χ1v) is 12.7. The maximum Gasteiger partial charge on any atom is 0.389 e. The van der Waals surface area contributed by atoms with Gasteiger partial charge in [-0.3, -0.25) is 14.5 Å². The number of hydrogen-bond donors (Lipinski definition) is 2. The number of halogens is 3. The van der Waals surface area contributed by atoms with Gasteiger partial charge in [0.05, 0.1) is 25.5 Å². The van der Waals surface area contributed by atoms with Crippen LogP contribution in [0.25, 0.3) is 0 Å². The zero-order valence-corrected chi connectivity index (χ0v) is 22.0. The number of hydrogen-bond acceptors (Lipinski definition) is 5. The molecule has 0 spiro atoms. The molecule has 2 N–H and O–H groups in total. The molecule has 2 amide bonds. The molecule has 2 aromatic rings. The molecular weight excluding hydrogens is 499 g/mol. The predicted molar refractivity (Wildman–Crippen MR) is 139 cm³/mol. The molecule has 0 aromatic heterocycles. The SMILES string of the molecule is C[C@@H]1CN([C@@H](C)CO)C(=O)Cc2cc(NC(=O)CCC(F)(F)F)ccc2O[C@@H]1CN(C)Cc1ccccc1. The number of aliphatic hydroxyl groups is 1. The van der Waals surface area contributed by atoms with E-state index in [-0.39, 0.29) is 31.0 Å². The minimum absolute atomic E-state index is 0.0365. The Labute approximate surface area is 221 Å². The number of amides is 2. The second-order valence-electron chi connectivity index (χ2n) is 10.1. The molecule has 0 fully saturated rings. The van der Waals surface area contributed by atoms with E-state index in [0.717, 1.165) is 5.56 Å². The van der Waals surface area contributed by atoms with Gasteiger partial charge in [-0.05, 0) is 37.7 Å². The number of ether oxygens (including phenoxy) is 1. The highest BCUT2D eigenvalue weighted by Gasteiger charge is 2.31. The molecule has 3 rings (SSSR count). The summed E-state index contributed by atoms with van der Waals surface area (Å²) in [6, 6.07) is 14.4. The number of benzene rings is 2. The van der Waals surface area contributed by atoms with Gasteiger partial charge in [0.2, 0.25) is 11.8 Å². The zero-order valence-electron chi connectivity index (χ0n) is 22.0. The Bertz CT molecular complexity index is 1080. The van der Waals surface area contributed by atoms with Crippen LogP contribution in [0.15, 0.2) is 48.5 Å². The van der Waals surface area contributed by atoms with Crippen LogP contribution in [0.1, 0.15) is 37.8 Å². The van der Waals surface area contributed by atoms with Gasteiger partial charge in [0.25, 0.3) is 0 Å². The van der Waals surface area contributed by atoms with Crippen LogP contribution in [0, 0.1) is 5.92 Å². The van der Waals surface area contributed by atoms with Crippen molar-refractivity contribution in [3.05, 3.63) is 59.7 Å². The summed E-state index contributed by atoms with van der Waals surface area (Å²) in [5.74, 6) is -0.557. The number of fused-ring (bicyclic) bond motifs is 1. The van der Waals surface area contributed by atoms with Gasteiger partial charge in [-0.2, -0.15) is 13.2 Å². The van der Waals surface area contributed by atoms with Gasteiger partial charge >= 0.3 is 6.18 Å². The Morgan fingerprint density at radius 2 is 1.95 bits per heavy atom. The van der Waals surface area contributed by atoms with E-state index in [1.165, 1.54) is 0 Å². The van der Waals surface area contributed by atoms with E-state index < -0.39 is 31.0 Å². The Morgan fingerprint density at radius 3 is 2.61 bits per heavy atom. The maximum absolute atomic E-state index is 13.3. The Morgan fingerprint density at radius 1 is 1.24 bits per heavy atom. The second-order valence-corrected chi connectivity index (χ2v) is 10.1. The molecule has 208 valence electrons. The van der Waals surface area contributed by atoms with Gasteiger partial charge < -0.3 is 20.1 Å². The highest BCUT2D eigenvalue weighted by molar-refractivity contribution is 5.91. The molecule has 0 aliphatic carbocycles. The minimum atomic E-state index is -4.42. The van der Waals surface area contributed by atoms with Gasteiger partial charge in [-0.15, -0.1) is 0 Å². The Kier molecular flexibility index (Phi) is 10.2. The first kappa shape index (κ1) is 29.4. The smallest absolute Gasteiger partial charge is 0.389 e. The summed E-state index contributed by atoms with van der Waals surface area (Å²) in [5.41, 5.74) is 1.96. The van der Waals surface area contributed by atoms with E-state index >= 15 is 0 Å². The van der Waals surface area contributed by atoms with Crippen LogP contribution in [0.2, 0.25) is 0 Å². The summed E-state index contributed by atoms with van der Waals surface area (Å²) < 4.78 is 43.9. The number of nitrogens with zero attached hydrogens (tertiary/aromatic N) is 2. The van der Waals surface area contributed by atoms with Crippen LogP contribution in [-0.4, -0.2) is 71.8 Å². The summed E-state index contributed by atoms with van der Waals surface area (Å²) in [4.78, 5) is 29.1. The third kappa shape index (κ3) is 8.73. The van der Waals surface area contributed by atoms with Crippen molar-refractivity contribution in [1.82, 2.24) is 9.80 Å². The number of rotatable bonds is 9. The van der Waals surface area contributed by atoms with E-state index in [9.17, 15) is 27.9 Å². The standard InChI is InChI=1S/C28H36F3N3O4/c1-19-15-34(20(2)18-35)27(37)14-22-13-23(32-26(36)11-12-28(29,30)31)9-10-24(22)38-25(19)17-33(3)16-21-7-5-4-6-8-21/h4-10,13,19-20,25,35H,11-12,14-18H2,1-3H3,(H,32,36)/t19-,20+,25-/m1/s1. The van der Waals surface area contributed by atoms with E-state index in [1.54, 1.807) is 30.0 Å². The zero-order chi connectivity index (χ0) is 27.9. The Balaban J connectivity index is 1.84. The molecule has 2 aromatic carbocycles. The molecular formula is C28H36F3N3O4. The normalized spacial score (nSPS) is 19.2. The lowest BCUT2D eigenvalue weighted by molar-refractivity contribution is -0.142. The number of carbonyl (C=O) groups is 2. The summed E-state index contributed by atoms with van der Waals surface area (Å²) in [5, 5.41) is 12.3. The van der Waals surface area contributed by atoms with Crippen molar-refractivity contribution in [2.45, 2.75) is 58.0 Å². The Hall–Kier alpha value is -3.11. The number of likely N-dealkylation sites (N-methyl/N-ethyl adjacent to an activating group) is 1. The molecule has 0 saturated carbocycles. The fraction of sp³-hybridized carbons (Fsp3) is 0.500. The number of carbonyl (C=O) groups excluding carboxylic acids is 2. The average molecular weight is 536 g/mol. The fourth-order valence-electron chi connectivity index (χ4n) is 4.47. The summed E-state index contributed by atoms with van der Waals surface area (Å²) in [6.45, 7) is 5.25. The van der Waals surface area contributed by atoms with Crippen molar-refractivity contribution in [3.8, 4) is 5.75 Å². The van der Waals surface area contributed by atoms with Gasteiger partial charge in [-0.25, -0.2) is 0 Å². The van der Waals surface area contributed by atoms with Crippen LogP contribution < -0.4 is 10.1 Å².